The van der Waals surface area contributed by atoms with E-state index in [2.05, 4.69) is 10.3 Å². The molecule has 1 aliphatic heterocycles. The number of nitrogens with one attached hydrogen (secondary N) is 2. The van der Waals surface area contributed by atoms with Gasteiger partial charge in [-0.2, -0.15) is 0 Å². The average Bonchev–Trinajstić information content (AvgIpc) is 3.59. The number of hydrogen-bond donors (Lipinski definition) is 2. The van der Waals surface area contributed by atoms with E-state index in [0.717, 1.165) is 16.5 Å². The molecule has 2 aromatic rings. The molecule has 4 rings (SSSR count). The van der Waals surface area contributed by atoms with Gasteiger partial charge in [0.1, 0.15) is 5.69 Å². The van der Waals surface area contributed by atoms with E-state index in [9.17, 15) is 4.79 Å². The number of halogens is 2. The van der Waals surface area contributed by atoms with Crippen molar-refractivity contribution in [3.8, 4) is 11.5 Å². The summed E-state index contributed by atoms with van der Waals surface area (Å²) < 4.78 is 40.4. The normalized spacial score (nSPS) is 16.5. The van der Waals surface area contributed by atoms with Crippen LogP contribution in [-0.2, 0) is 16.8 Å². The fraction of sp³-hybridized carbons (Fsp3) is 0.375. The maximum atomic E-state index is 15.2. The smallest absolute Gasteiger partial charge is 0.238 e. The van der Waals surface area contributed by atoms with Gasteiger partial charge in [0.05, 0.1) is 31.9 Å². The standard InChI is InChI=1S/C24H26F2N4O3/c1-5-28-11-15(13(2)27)17-8-16-14(10-29-17)12-30(23(31)24(16)6-7-24)22-20(25)18(32-3)9-19(33-4)21(22)26/h8-11,27-28H,5-7,12H2,1-4H3/b15-11+,27-13?. The maximum Gasteiger partial charge on any atom is 0.238 e. The highest BCUT2D eigenvalue weighted by Crippen LogP contribution is 2.55. The molecule has 1 aromatic carbocycles. The van der Waals surface area contributed by atoms with Crippen LogP contribution in [0.25, 0.3) is 5.57 Å². The van der Waals surface area contributed by atoms with E-state index < -0.39 is 22.7 Å². The van der Waals surface area contributed by atoms with Crippen molar-refractivity contribution in [2.24, 2.45) is 0 Å². The number of nitrogens with zero attached hydrogens (tertiary/aromatic N) is 2. The molecule has 0 atom stereocenters. The molecule has 1 aromatic heterocycles. The Morgan fingerprint density at radius 3 is 2.39 bits per heavy atom. The van der Waals surface area contributed by atoms with E-state index in [1.54, 1.807) is 19.3 Å². The molecule has 0 unspecified atom stereocenters. The molecular weight excluding hydrogens is 430 g/mol. The van der Waals surface area contributed by atoms with E-state index in [1.807, 2.05) is 13.0 Å². The predicted molar refractivity (Wildman–Crippen MR) is 121 cm³/mol. The number of carbonyl (C=O) groups excluding carboxylic acids is 1. The molecule has 1 amide bonds. The second-order valence-electron chi connectivity index (χ2n) is 8.20. The number of benzene rings is 1. The Balaban J connectivity index is 1.83. The van der Waals surface area contributed by atoms with Crippen LogP contribution in [0.15, 0.2) is 24.5 Å². The highest BCUT2D eigenvalue weighted by molar-refractivity contribution is 6.20. The van der Waals surface area contributed by atoms with Crippen molar-refractivity contribution in [1.29, 1.82) is 5.41 Å². The zero-order valence-electron chi connectivity index (χ0n) is 19.0. The monoisotopic (exact) mass is 456 g/mol. The molecule has 1 aliphatic carbocycles. The largest absolute Gasteiger partial charge is 0.493 e. The van der Waals surface area contributed by atoms with Gasteiger partial charge < -0.3 is 25.1 Å². The van der Waals surface area contributed by atoms with Crippen LogP contribution in [0.2, 0.25) is 0 Å². The summed E-state index contributed by atoms with van der Waals surface area (Å²) in [5, 5.41) is 11.2. The fourth-order valence-electron chi connectivity index (χ4n) is 4.29. The number of pyridine rings is 1. The van der Waals surface area contributed by atoms with Crippen LogP contribution in [0.3, 0.4) is 0 Å². The first-order valence-corrected chi connectivity index (χ1v) is 10.7. The number of amides is 1. The number of anilines is 1. The quantitative estimate of drug-likeness (QED) is 0.616. The van der Waals surface area contributed by atoms with Gasteiger partial charge in [-0.15, -0.1) is 0 Å². The van der Waals surface area contributed by atoms with Crippen molar-refractivity contribution in [3.63, 3.8) is 0 Å². The van der Waals surface area contributed by atoms with Gasteiger partial charge in [-0.1, -0.05) is 0 Å². The Labute approximate surface area is 190 Å². The van der Waals surface area contributed by atoms with E-state index in [-0.39, 0.29) is 24.0 Å². The number of carbonyl (C=O) groups is 1. The third-order valence-electron chi connectivity index (χ3n) is 6.19. The lowest BCUT2D eigenvalue weighted by atomic mass is 9.85. The van der Waals surface area contributed by atoms with Crippen LogP contribution in [0.4, 0.5) is 14.5 Å². The molecule has 174 valence electrons. The molecule has 0 radical (unpaired) electrons. The van der Waals surface area contributed by atoms with Gasteiger partial charge >= 0.3 is 0 Å². The summed E-state index contributed by atoms with van der Waals surface area (Å²) in [6.45, 7) is 4.28. The first-order valence-electron chi connectivity index (χ1n) is 10.7. The Kier molecular flexibility index (Phi) is 5.82. The van der Waals surface area contributed by atoms with Crippen LogP contribution < -0.4 is 19.7 Å². The highest BCUT2D eigenvalue weighted by atomic mass is 19.1. The number of rotatable bonds is 7. The number of hydrogen-bond acceptors (Lipinski definition) is 6. The number of fused-ring (bicyclic) bond motifs is 2. The van der Waals surface area contributed by atoms with Gasteiger partial charge in [0.2, 0.25) is 5.91 Å². The lowest BCUT2D eigenvalue weighted by molar-refractivity contribution is -0.121. The molecule has 7 nitrogen and oxygen atoms in total. The molecule has 1 saturated carbocycles. The van der Waals surface area contributed by atoms with Crippen molar-refractivity contribution in [1.82, 2.24) is 10.3 Å². The lowest BCUT2D eigenvalue weighted by Crippen LogP contribution is -2.45. The van der Waals surface area contributed by atoms with E-state index in [4.69, 9.17) is 14.9 Å². The van der Waals surface area contributed by atoms with Crippen molar-refractivity contribution in [3.05, 3.63) is 53.0 Å². The van der Waals surface area contributed by atoms with E-state index in [0.29, 0.717) is 41.9 Å². The summed E-state index contributed by atoms with van der Waals surface area (Å²) in [5.74, 6) is -2.70. The maximum absolute atomic E-state index is 15.2. The minimum Gasteiger partial charge on any atom is -0.493 e. The molecule has 1 fully saturated rings. The summed E-state index contributed by atoms with van der Waals surface area (Å²) in [6, 6.07) is 2.95. The predicted octanol–water partition coefficient (Wildman–Crippen LogP) is 3.95. The third-order valence-corrected chi connectivity index (χ3v) is 6.19. The van der Waals surface area contributed by atoms with Gasteiger partial charge in [0.15, 0.2) is 23.1 Å². The van der Waals surface area contributed by atoms with Gasteiger partial charge in [0, 0.05) is 36.3 Å². The first-order chi connectivity index (χ1) is 15.8. The Hall–Kier alpha value is -3.49. The summed E-state index contributed by atoms with van der Waals surface area (Å²) in [7, 11) is 2.54. The van der Waals surface area contributed by atoms with Crippen molar-refractivity contribution >= 4 is 22.9 Å². The van der Waals surface area contributed by atoms with Gasteiger partial charge in [-0.05, 0) is 43.9 Å². The molecule has 9 heteroatoms. The second kappa shape index (κ2) is 8.46. The van der Waals surface area contributed by atoms with Crippen LogP contribution >= 0.6 is 0 Å². The summed E-state index contributed by atoms with van der Waals surface area (Å²) in [5.41, 5.74) is 1.70. The summed E-state index contributed by atoms with van der Waals surface area (Å²) in [4.78, 5) is 19.2. The summed E-state index contributed by atoms with van der Waals surface area (Å²) in [6.07, 6.45) is 4.50. The van der Waals surface area contributed by atoms with Crippen molar-refractivity contribution in [2.45, 2.75) is 38.6 Å². The van der Waals surface area contributed by atoms with Crippen LogP contribution in [0, 0.1) is 17.0 Å². The zero-order chi connectivity index (χ0) is 23.9. The lowest BCUT2D eigenvalue weighted by Gasteiger charge is -2.35. The minimum absolute atomic E-state index is 0.0385. The van der Waals surface area contributed by atoms with Crippen LogP contribution in [0.5, 0.6) is 11.5 Å². The molecule has 1 spiro atoms. The Morgan fingerprint density at radius 1 is 1.24 bits per heavy atom. The zero-order valence-corrected chi connectivity index (χ0v) is 19.0. The van der Waals surface area contributed by atoms with Crippen molar-refractivity contribution in [2.75, 3.05) is 25.7 Å². The van der Waals surface area contributed by atoms with Gasteiger partial charge in [0.25, 0.3) is 0 Å². The fourth-order valence-corrected chi connectivity index (χ4v) is 4.29. The average molecular weight is 456 g/mol. The van der Waals surface area contributed by atoms with Crippen molar-refractivity contribution < 1.29 is 23.0 Å². The molecule has 2 N–H and O–H groups in total. The van der Waals surface area contributed by atoms with E-state index >= 15 is 8.78 Å². The number of methoxy groups -OCH3 is 2. The highest BCUT2D eigenvalue weighted by Gasteiger charge is 2.57. The molecule has 0 bridgehead atoms. The second-order valence-corrected chi connectivity index (χ2v) is 8.20. The van der Waals surface area contributed by atoms with E-state index in [1.165, 1.54) is 14.2 Å². The first kappa shape index (κ1) is 22.7. The number of aromatic nitrogens is 1. The molecule has 2 heterocycles. The molecular formula is C24H26F2N4O3. The molecule has 33 heavy (non-hydrogen) atoms. The van der Waals surface area contributed by atoms with Crippen LogP contribution in [0.1, 0.15) is 43.5 Å². The SMILES string of the molecule is CCN/C=C(\C(C)=N)c1cc2c(cn1)CN(c1c(F)c(OC)cc(OC)c1F)C(=O)C21CC1. The van der Waals surface area contributed by atoms with Gasteiger partial charge in [-0.25, -0.2) is 8.78 Å². The number of allylic oxidation sites excluding steroid dienone is 1. The third kappa shape index (κ3) is 3.61. The topological polar surface area (TPSA) is 87.5 Å². The Bertz CT molecular complexity index is 1150. The molecule has 2 aliphatic rings. The minimum atomic E-state index is -0.955. The Morgan fingerprint density at radius 2 is 1.88 bits per heavy atom. The number of ether oxygens (including phenoxy) is 2. The summed E-state index contributed by atoms with van der Waals surface area (Å²) >= 11 is 0. The van der Waals surface area contributed by atoms with Gasteiger partial charge in [-0.3, -0.25) is 9.78 Å². The molecule has 0 saturated heterocycles. The van der Waals surface area contributed by atoms with Crippen LogP contribution in [-0.4, -0.2) is 37.4 Å².